The van der Waals surface area contributed by atoms with Gasteiger partial charge in [0.15, 0.2) is 0 Å². The maximum Gasteiger partial charge on any atom is 0.573 e. The number of aromatic nitrogens is 1. The van der Waals surface area contributed by atoms with Crippen molar-refractivity contribution in [2.45, 2.75) is 12.9 Å². The van der Waals surface area contributed by atoms with Gasteiger partial charge in [-0.15, -0.1) is 13.2 Å². The summed E-state index contributed by atoms with van der Waals surface area (Å²) < 4.78 is 40.0. The van der Waals surface area contributed by atoms with Crippen LogP contribution in [0.1, 0.15) is 16.1 Å². The van der Waals surface area contributed by atoms with Crippen molar-refractivity contribution in [2.24, 2.45) is 0 Å². The van der Waals surface area contributed by atoms with Gasteiger partial charge in [0.25, 0.3) is 5.91 Å². The molecular formula is C14H12ClF3N2O2. The summed E-state index contributed by atoms with van der Waals surface area (Å²) in [5.74, 6) is -0.580. The highest BCUT2D eigenvalue weighted by atomic mass is 35.5. The first-order valence-corrected chi connectivity index (χ1v) is 6.56. The molecule has 0 bridgehead atoms. The third kappa shape index (κ3) is 4.42. The minimum atomic E-state index is -4.72. The Kier molecular flexibility index (Phi) is 4.65. The Labute approximate surface area is 129 Å². The number of ether oxygens (including phenoxy) is 1. The van der Waals surface area contributed by atoms with Crippen molar-refractivity contribution in [3.8, 4) is 5.75 Å². The summed E-state index contributed by atoms with van der Waals surface area (Å²) in [6, 6.07) is 6.83. The Morgan fingerprint density at radius 1 is 1.32 bits per heavy atom. The highest BCUT2D eigenvalue weighted by Crippen LogP contribution is 2.23. The zero-order valence-corrected chi connectivity index (χ0v) is 12.2. The number of aromatic amines is 1. The molecule has 0 saturated heterocycles. The summed E-state index contributed by atoms with van der Waals surface area (Å²) in [5.41, 5.74) is 1.01. The minimum Gasteiger partial charge on any atom is -0.406 e. The van der Waals surface area contributed by atoms with Crippen LogP contribution in [-0.4, -0.2) is 29.2 Å². The molecule has 0 saturated carbocycles. The lowest BCUT2D eigenvalue weighted by atomic mass is 10.2. The van der Waals surface area contributed by atoms with Crippen molar-refractivity contribution in [3.05, 3.63) is 52.8 Å². The standard InChI is InChI=1S/C14H12ClF3N2O2/c1-20(13(21)12-6-10(15)7-19-12)8-9-2-4-11(5-3-9)22-14(16,17)18/h2-7,19H,8H2,1H3. The van der Waals surface area contributed by atoms with E-state index in [1.165, 1.54) is 41.4 Å². The summed E-state index contributed by atoms with van der Waals surface area (Å²) in [7, 11) is 1.58. The van der Waals surface area contributed by atoms with Crippen molar-refractivity contribution in [3.63, 3.8) is 0 Å². The van der Waals surface area contributed by atoms with E-state index >= 15 is 0 Å². The quantitative estimate of drug-likeness (QED) is 0.924. The molecule has 0 aliphatic heterocycles. The first-order valence-electron chi connectivity index (χ1n) is 6.18. The fraction of sp³-hybridized carbons (Fsp3) is 0.214. The second kappa shape index (κ2) is 6.31. The number of carbonyl (C=O) groups excluding carboxylic acids is 1. The van der Waals surface area contributed by atoms with Crippen molar-refractivity contribution in [1.82, 2.24) is 9.88 Å². The number of nitrogens with zero attached hydrogens (tertiary/aromatic N) is 1. The molecular weight excluding hydrogens is 321 g/mol. The monoisotopic (exact) mass is 332 g/mol. The molecule has 0 atom stereocenters. The Bertz CT molecular complexity index is 653. The van der Waals surface area contributed by atoms with Crippen LogP contribution in [0.15, 0.2) is 36.5 Å². The van der Waals surface area contributed by atoms with E-state index in [-0.39, 0.29) is 18.2 Å². The summed E-state index contributed by atoms with van der Waals surface area (Å²) in [4.78, 5) is 16.2. The molecule has 1 N–H and O–H groups in total. The molecule has 0 radical (unpaired) electrons. The Hall–Kier alpha value is -2.15. The van der Waals surface area contributed by atoms with Gasteiger partial charge in [-0.25, -0.2) is 0 Å². The number of carbonyl (C=O) groups is 1. The van der Waals surface area contributed by atoms with Crippen LogP contribution in [0.4, 0.5) is 13.2 Å². The zero-order chi connectivity index (χ0) is 16.3. The lowest BCUT2D eigenvalue weighted by molar-refractivity contribution is -0.274. The second-order valence-corrected chi connectivity index (χ2v) is 5.02. The van der Waals surface area contributed by atoms with Crippen LogP contribution in [-0.2, 0) is 6.54 Å². The fourth-order valence-corrected chi connectivity index (χ4v) is 2.00. The smallest absolute Gasteiger partial charge is 0.406 e. The number of H-pyrrole nitrogens is 1. The van der Waals surface area contributed by atoms with Gasteiger partial charge >= 0.3 is 6.36 Å². The van der Waals surface area contributed by atoms with Crippen LogP contribution in [0.25, 0.3) is 0 Å². The minimum absolute atomic E-state index is 0.238. The van der Waals surface area contributed by atoms with Gasteiger partial charge in [0.05, 0.1) is 5.02 Å². The normalized spacial score (nSPS) is 11.3. The molecule has 0 spiro atoms. The highest BCUT2D eigenvalue weighted by Gasteiger charge is 2.30. The van der Waals surface area contributed by atoms with Gasteiger partial charge in [-0.1, -0.05) is 23.7 Å². The first-order chi connectivity index (χ1) is 10.2. The van der Waals surface area contributed by atoms with Crippen molar-refractivity contribution >= 4 is 17.5 Å². The Morgan fingerprint density at radius 3 is 2.45 bits per heavy atom. The molecule has 4 nitrogen and oxygen atoms in total. The molecule has 0 unspecified atom stereocenters. The van der Waals surface area contributed by atoms with Crippen LogP contribution in [0.2, 0.25) is 5.02 Å². The lowest BCUT2D eigenvalue weighted by Crippen LogP contribution is -2.26. The highest BCUT2D eigenvalue weighted by molar-refractivity contribution is 6.30. The van der Waals surface area contributed by atoms with Gasteiger partial charge in [-0.05, 0) is 23.8 Å². The van der Waals surface area contributed by atoms with E-state index in [4.69, 9.17) is 11.6 Å². The number of alkyl halides is 3. The maximum absolute atomic E-state index is 12.1. The van der Waals surface area contributed by atoms with E-state index in [0.29, 0.717) is 16.3 Å². The van der Waals surface area contributed by atoms with E-state index in [1.807, 2.05) is 0 Å². The van der Waals surface area contributed by atoms with E-state index < -0.39 is 6.36 Å². The molecule has 118 valence electrons. The van der Waals surface area contributed by atoms with Crippen LogP contribution >= 0.6 is 11.6 Å². The van der Waals surface area contributed by atoms with Crippen LogP contribution < -0.4 is 4.74 Å². The average molecular weight is 333 g/mol. The summed E-state index contributed by atoms with van der Waals surface area (Å²) in [6.07, 6.45) is -3.23. The van der Waals surface area contributed by atoms with E-state index in [2.05, 4.69) is 9.72 Å². The largest absolute Gasteiger partial charge is 0.573 e. The van der Waals surface area contributed by atoms with Crippen molar-refractivity contribution < 1.29 is 22.7 Å². The molecule has 22 heavy (non-hydrogen) atoms. The van der Waals surface area contributed by atoms with Gasteiger partial charge in [0.1, 0.15) is 11.4 Å². The SMILES string of the molecule is CN(Cc1ccc(OC(F)(F)F)cc1)C(=O)c1cc(Cl)c[nH]1. The summed E-state index contributed by atoms with van der Waals surface area (Å²) in [6.45, 7) is 0.238. The zero-order valence-electron chi connectivity index (χ0n) is 11.4. The Balaban J connectivity index is 1.99. The first kappa shape index (κ1) is 16.2. The molecule has 0 aliphatic rings. The van der Waals surface area contributed by atoms with Crippen LogP contribution in [0.3, 0.4) is 0 Å². The van der Waals surface area contributed by atoms with E-state index in [9.17, 15) is 18.0 Å². The molecule has 1 aromatic carbocycles. The molecule has 1 amide bonds. The molecule has 0 fully saturated rings. The number of hydrogen-bond acceptors (Lipinski definition) is 2. The molecule has 2 rings (SSSR count). The van der Waals surface area contributed by atoms with E-state index in [0.717, 1.165) is 0 Å². The third-order valence-corrected chi connectivity index (χ3v) is 3.02. The van der Waals surface area contributed by atoms with Crippen LogP contribution in [0, 0.1) is 0 Å². The average Bonchev–Trinajstić information content (AvgIpc) is 2.85. The molecule has 2 aromatic rings. The van der Waals surface area contributed by atoms with Gasteiger partial charge < -0.3 is 14.6 Å². The molecule has 1 aromatic heterocycles. The number of rotatable bonds is 4. The van der Waals surface area contributed by atoms with Gasteiger partial charge in [-0.3, -0.25) is 4.79 Å². The summed E-state index contributed by atoms with van der Waals surface area (Å²) >= 11 is 5.73. The van der Waals surface area contributed by atoms with Gasteiger partial charge in [0.2, 0.25) is 0 Å². The topological polar surface area (TPSA) is 45.3 Å². The fourth-order valence-electron chi connectivity index (χ4n) is 1.84. The third-order valence-electron chi connectivity index (χ3n) is 2.80. The van der Waals surface area contributed by atoms with Crippen molar-refractivity contribution in [1.29, 1.82) is 0 Å². The number of halogens is 4. The maximum atomic E-state index is 12.1. The number of nitrogens with one attached hydrogen (secondary N) is 1. The lowest BCUT2D eigenvalue weighted by Gasteiger charge is -2.17. The van der Waals surface area contributed by atoms with Gasteiger partial charge in [0, 0.05) is 19.8 Å². The number of hydrogen-bond donors (Lipinski definition) is 1. The number of amides is 1. The summed E-state index contributed by atoms with van der Waals surface area (Å²) in [5, 5.41) is 0.422. The van der Waals surface area contributed by atoms with E-state index in [1.54, 1.807) is 7.05 Å². The molecule has 8 heteroatoms. The second-order valence-electron chi connectivity index (χ2n) is 4.58. The molecule has 0 aliphatic carbocycles. The number of benzene rings is 1. The Morgan fingerprint density at radius 2 is 1.95 bits per heavy atom. The van der Waals surface area contributed by atoms with Gasteiger partial charge in [-0.2, -0.15) is 0 Å². The predicted molar refractivity (Wildman–Crippen MR) is 74.7 cm³/mol. The van der Waals surface area contributed by atoms with Crippen molar-refractivity contribution in [2.75, 3.05) is 7.05 Å². The molecule has 1 heterocycles. The predicted octanol–water partition coefficient (Wildman–Crippen LogP) is 3.84. The van der Waals surface area contributed by atoms with Crippen LogP contribution in [0.5, 0.6) is 5.75 Å².